The Morgan fingerprint density at radius 2 is 1.80 bits per heavy atom. The van der Waals surface area contributed by atoms with Gasteiger partial charge < -0.3 is 0 Å². The zero-order valence-corrected chi connectivity index (χ0v) is 8.02. The summed E-state index contributed by atoms with van der Waals surface area (Å²) in [4.78, 5) is 2.89. The highest BCUT2D eigenvalue weighted by Crippen LogP contribution is 2.38. The SMILES string of the molecule is C=CC1=C(S)CC(S)=C1S. The Labute approximate surface area is 77.3 Å². The molecule has 10 heavy (non-hydrogen) atoms. The van der Waals surface area contributed by atoms with Crippen molar-refractivity contribution in [3.05, 3.63) is 32.9 Å². The summed E-state index contributed by atoms with van der Waals surface area (Å²) < 4.78 is 0. The number of hydrogen-bond donors (Lipinski definition) is 3. The van der Waals surface area contributed by atoms with E-state index in [9.17, 15) is 0 Å². The Kier molecular flexibility index (Phi) is 2.61. The first-order valence-electron chi connectivity index (χ1n) is 2.82. The van der Waals surface area contributed by atoms with Gasteiger partial charge in [-0.1, -0.05) is 12.7 Å². The maximum absolute atomic E-state index is 4.26. The fraction of sp³-hybridized carbons (Fsp3) is 0.143. The molecular weight excluding hydrogens is 180 g/mol. The quantitative estimate of drug-likeness (QED) is 0.518. The molecule has 0 saturated heterocycles. The molecule has 0 aromatic heterocycles. The van der Waals surface area contributed by atoms with Crippen molar-refractivity contribution >= 4 is 37.9 Å². The summed E-state index contributed by atoms with van der Waals surface area (Å²) in [7, 11) is 0. The molecule has 0 amide bonds. The van der Waals surface area contributed by atoms with Crippen LogP contribution in [0.1, 0.15) is 6.42 Å². The lowest BCUT2D eigenvalue weighted by atomic mass is 10.3. The van der Waals surface area contributed by atoms with Crippen LogP contribution in [0.15, 0.2) is 32.9 Å². The lowest BCUT2D eigenvalue weighted by molar-refractivity contribution is 1.38. The van der Waals surface area contributed by atoms with Gasteiger partial charge in [-0.2, -0.15) is 0 Å². The van der Waals surface area contributed by atoms with E-state index in [0.717, 1.165) is 26.7 Å². The largest absolute Gasteiger partial charge is 0.147 e. The van der Waals surface area contributed by atoms with Gasteiger partial charge in [-0.3, -0.25) is 0 Å². The first kappa shape index (κ1) is 8.37. The summed E-state index contributed by atoms with van der Waals surface area (Å²) in [5, 5.41) is 0. The molecule has 0 atom stereocenters. The third-order valence-electron chi connectivity index (χ3n) is 1.38. The summed E-state index contributed by atoms with van der Waals surface area (Å²) in [6.45, 7) is 3.65. The molecule has 0 radical (unpaired) electrons. The molecule has 0 aromatic carbocycles. The molecule has 0 aliphatic heterocycles. The van der Waals surface area contributed by atoms with Gasteiger partial charge in [0.15, 0.2) is 0 Å². The molecule has 1 rings (SSSR count). The van der Waals surface area contributed by atoms with Crippen LogP contribution in [0, 0.1) is 0 Å². The summed E-state index contributed by atoms with van der Waals surface area (Å²) in [5.74, 6) is 0. The van der Waals surface area contributed by atoms with E-state index in [-0.39, 0.29) is 0 Å². The number of thiol groups is 3. The van der Waals surface area contributed by atoms with E-state index in [1.165, 1.54) is 0 Å². The second-order valence-electron chi connectivity index (χ2n) is 2.04. The molecule has 0 saturated carbocycles. The van der Waals surface area contributed by atoms with Crippen LogP contribution in [0.25, 0.3) is 0 Å². The zero-order valence-electron chi connectivity index (χ0n) is 5.33. The molecule has 0 spiro atoms. The van der Waals surface area contributed by atoms with Crippen LogP contribution in [0.5, 0.6) is 0 Å². The highest BCUT2D eigenvalue weighted by atomic mass is 32.1. The van der Waals surface area contributed by atoms with Crippen molar-refractivity contribution in [2.24, 2.45) is 0 Å². The van der Waals surface area contributed by atoms with Gasteiger partial charge in [-0.05, 0) is 10.5 Å². The first-order valence-corrected chi connectivity index (χ1v) is 4.17. The van der Waals surface area contributed by atoms with Gasteiger partial charge in [-0.25, -0.2) is 0 Å². The topological polar surface area (TPSA) is 0 Å². The monoisotopic (exact) mass is 188 g/mol. The van der Waals surface area contributed by atoms with E-state index < -0.39 is 0 Å². The first-order chi connectivity index (χ1) is 4.66. The summed E-state index contributed by atoms with van der Waals surface area (Å²) in [6, 6.07) is 0. The molecule has 0 heterocycles. The minimum atomic E-state index is 0.798. The molecule has 0 N–H and O–H groups in total. The van der Waals surface area contributed by atoms with Crippen LogP contribution in [0.2, 0.25) is 0 Å². The molecule has 0 bridgehead atoms. The third-order valence-corrected chi connectivity index (χ3v) is 2.85. The fourth-order valence-electron chi connectivity index (χ4n) is 0.844. The summed E-state index contributed by atoms with van der Waals surface area (Å²) in [5.41, 5.74) is 1.01. The Morgan fingerprint density at radius 3 is 2.00 bits per heavy atom. The molecule has 0 fully saturated rings. The van der Waals surface area contributed by atoms with Gasteiger partial charge in [-0.15, -0.1) is 37.9 Å². The summed E-state index contributed by atoms with van der Waals surface area (Å²) >= 11 is 12.7. The average molecular weight is 188 g/mol. The van der Waals surface area contributed by atoms with E-state index in [4.69, 9.17) is 0 Å². The lowest BCUT2D eigenvalue weighted by Crippen LogP contribution is -1.72. The zero-order chi connectivity index (χ0) is 7.72. The van der Waals surface area contributed by atoms with E-state index >= 15 is 0 Å². The Morgan fingerprint density at radius 1 is 1.20 bits per heavy atom. The number of hydrogen-bond acceptors (Lipinski definition) is 3. The Balaban J connectivity index is 3.05. The highest BCUT2D eigenvalue weighted by Gasteiger charge is 2.14. The van der Waals surface area contributed by atoms with E-state index in [2.05, 4.69) is 44.5 Å². The van der Waals surface area contributed by atoms with Crippen LogP contribution >= 0.6 is 37.9 Å². The van der Waals surface area contributed by atoms with Crippen LogP contribution in [-0.2, 0) is 0 Å². The normalized spacial score (nSPS) is 18.7. The molecular formula is C7H8S3. The highest BCUT2D eigenvalue weighted by molar-refractivity contribution is 7.89. The van der Waals surface area contributed by atoms with Crippen molar-refractivity contribution in [1.29, 1.82) is 0 Å². The van der Waals surface area contributed by atoms with Crippen molar-refractivity contribution in [3.8, 4) is 0 Å². The smallest absolute Gasteiger partial charge is 0.0217 e. The standard InChI is InChI=1S/C7H8S3/c1-2-4-5(8)3-6(9)7(4)10/h2,8-10H,1,3H2. The second kappa shape index (κ2) is 3.11. The predicted octanol–water partition coefficient (Wildman–Crippen LogP) is 2.83. The minimum absolute atomic E-state index is 0.798. The third kappa shape index (κ3) is 1.31. The molecule has 0 aromatic rings. The number of rotatable bonds is 1. The van der Waals surface area contributed by atoms with Gasteiger partial charge in [0.05, 0.1) is 0 Å². The van der Waals surface area contributed by atoms with Gasteiger partial charge in [0.2, 0.25) is 0 Å². The average Bonchev–Trinajstić information content (AvgIpc) is 2.09. The van der Waals surface area contributed by atoms with Gasteiger partial charge >= 0.3 is 0 Å². The second-order valence-corrected chi connectivity index (χ2v) is 3.56. The van der Waals surface area contributed by atoms with Crippen molar-refractivity contribution in [1.82, 2.24) is 0 Å². The van der Waals surface area contributed by atoms with E-state index in [0.29, 0.717) is 0 Å². The van der Waals surface area contributed by atoms with Gasteiger partial charge in [0, 0.05) is 16.2 Å². The molecule has 1 aliphatic rings. The molecule has 0 nitrogen and oxygen atoms in total. The molecule has 1 aliphatic carbocycles. The summed E-state index contributed by atoms with van der Waals surface area (Å²) in [6.07, 6.45) is 2.56. The van der Waals surface area contributed by atoms with Crippen molar-refractivity contribution < 1.29 is 0 Å². The van der Waals surface area contributed by atoms with Gasteiger partial charge in [0.25, 0.3) is 0 Å². The molecule has 3 heteroatoms. The van der Waals surface area contributed by atoms with E-state index in [1.807, 2.05) is 0 Å². The van der Waals surface area contributed by atoms with Crippen LogP contribution in [-0.4, -0.2) is 0 Å². The molecule has 0 unspecified atom stereocenters. The fourth-order valence-corrected chi connectivity index (χ4v) is 2.00. The minimum Gasteiger partial charge on any atom is -0.147 e. The van der Waals surface area contributed by atoms with Crippen LogP contribution in [0.4, 0.5) is 0 Å². The van der Waals surface area contributed by atoms with Crippen LogP contribution in [0.3, 0.4) is 0 Å². The van der Waals surface area contributed by atoms with Crippen molar-refractivity contribution in [3.63, 3.8) is 0 Å². The van der Waals surface area contributed by atoms with Crippen LogP contribution < -0.4 is 0 Å². The Bertz CT molecular complexity index is 235. The number of allylic oxidation sites excluding steroid dienone is 4. The van der Waals surface area contributed by atoms with Crippen molar-refractivity contribution in [2.75, 3.05) is 0 Å². The van der Waals surface area contributed by atoms with Gasteiger partial charge in [0.1, 0.15) is 0 Å². The Hall–Kier alpha value is 0.270. The maximum atomic E-state index is 4.26. The lowest BCUT2D eigenvalue weighted by Gasteiger charge is -1.94. The van der Waals surface area contributed by atoms with E-state index in [1.54, 1.807) is 6.08 Å². The predicted molar refractivity (Wildman–Crippen MR) is 55.8 cm³/mol. The molecule has 54 valence electrons. The maximum Gasteiger partial charge on any atom is 0.0217 e. The van der Waals surface area contributed by atoms with Crippen molar-refractivity contribution in [2.45, 2.75) is 6.42 Å².